The first-order valence-corrected chi connectivity index (χ1v) is 21.4. The Kier molecular flexibility index (Phi) is 11.7. The van der Waals surface area contributed by atoms with Crippen LogP contribution >= 0.6 is 0 Å². The van der Waals surface area contributed by atoms with Gasteiger partial charge in [0.05, 0.1) is 17.8 Å². The third kappa shape index (κ3) is 8.67. The van der Waals surface area contributed by atoms with Crippen molar-refractivity contribution < 1.29 is 59.3 Å². The quantitative estimate of drug-likeness (QED) is 0.273. The summed E-state index contributed by atoms with van der Waals surface area (Å²) in [6.07, 6.45) is 3.00. The summed E-state index contributed by atoms with van der Waals surface area (Å²) in [6, 6.07) is 1.74. The second-order valence-corrected chi connectivity index (χ2v) is 19.8. The van der Waals surface area contributed by atoms with E-state index in [0.29, 0.717) is 56.6 Å². The lowest BCUT2D eigenvalue weighted by atomic mass is 9.85. The van der Waals surface area contributed by atoms with E-state index in [1.165, 1.54) is 24.0 Å². The molecule has 1 aromatic carbocycles. The third-order valence-electron chi connectivity index (χ3n) is 12.7. The summed E-state index contributed by atoms with van der Waals surface area (Å²) in [5.41, 5.74) is -2.98. The highest BCUT2D eigenvalue weighted by Crippen LogP contribution is 2.48. The zero-order valence-corrected chi connectivity index (χ0v) is 34.6. The van der Waals surface area contributed by atoms with Crippen LogP contribution in [0.3, 0.4) is 0 Å². The molecule has 2 aliphatic carbocycles. The highest BCUT2D eigenvalue weighted by molar-refractivity contribution is 7.91. The fourth-order valence-corrected chi connectivity index (χ4v) is 9.33. The Morgan fingerprint density at radius 1 is 1.10 bits per heavy atom. The van der Waals surface area contributed by atoms with Crippen LogP contribution in [0, 0.1) is 23.6 Å². The average Bonchev–Trinajstić information content (AvgIpc) is 3.92. The SMILES string of the molecule is CC[C@@H]1C[C@@H](C)CC/C=C\[C@@H]2C[C@@]2(C(=O)NS(=O)(=O)C2(C)CC2)NC(=O)[C@@H]2C[C@@H](OC(=O)N3Cc4cccc(F)c4C3)CN2C(=O)[C@H]1NC(=O)OC(C)(C)C(C)(F)F.[HH].[HH].[HH]. The van der Waals surface area contributed by atoms with Crippen LogP contribution in [0.2, 0.25) is 0 Å². The van der Waals surface area contributed by atoms with Crippen LogP contribution in [0.25, 0.3) is 0 Å². The maximum absolute atomic E-state index is 14.8. The average molecular weight is 844 g/mol. The van der Waals surface area contributed by atoms with E-state index < -0.39 is 97.6 Å². The number of carbonyl (C=O) groups excluding carboxylic acids is 5. The summed E-state index contributed by atoms with van der Waals surface area (Å²) in [5, 5.41) is 5.29. The number of hydrogen-bond acceptors (Lipinski definition) is 9. The normalized spacial score (nSPS) is 30.4. The number of carbonyl (C=O) groups is 5. The zero-order chi connectivity index (χ0) is 42.6. The van der Waals surface area contributed by atoms with Crippen LogP contribution in [-0.2, 0) is 47.0 Å². The van der Waals surface area contributed by atoms with Crippen molar-refractivity contribution in [2.45, 2.75) is 146 Å². The number of fused-ring (bicyclic) bond motifs is 3. The van der Waals surface area contributed by atoms with E-state index in [9.17, 15) is 45.6 Å². The van der Waals surface area contributed by atoms with Gasteiger partial charge in [0.1, 0.15) is 29.5 Å². The lowest BCUT2D eigenvalue weighted by Gasteiger charge is -2.35. The molecular weight excluding hydrogens is 784 g/mol. The minimum Gasteiger partial charge on any atom is -0.444 e. The molecule has 0 radical (unpaired) electrons. The van der Waals surface area contributed by atoms with Crippen molar-refractivity contribution in [3.63, 3.8) is 0 Å². The van der Waals surface area contributed by atoms with Gasteiger partial charge in [-0.25, -0.2) is 31.2 Å². The Bertz CT molecular complexity index is 1990. The number of hydrogen-bond donors (Lipinski definition) is 3. The molecule has 7 atom stereocenters. The number of ether oxygens (including phenoxy) is 2. The summed E-state index contributed by atoms with van der Waals surface area (Å²) in [7, 11) is -4.09. The van der Waals surface area contributed by atoms with Crippen molar-refractivity contribution in [3.8, 4) is 0 Å². The van der Waals surface area contributed by atoms with Gasteiger partial charge in [-0.3, -0.25) is 24.0 Å². The van der Waals surface area contributed by atoms with Gasteiger partial charge in [0, 0.05) is 35.7 Å². The summed E-state index contributed by atoms with van der Waals surface area (Å²) in [6.45, 7) is 7.66. The smallest absolute Gasteiger partial charge is 0.410 e. The monoisotopic (exact) mass is 843 g/mol. The van der Waals surface area contributed by atoms with Gasteiger partial charge >= 0.3 is 12.2 Å². The maximum Gasteiger partial charge on any atom is 0.410 e. The molecule has 18 heteroatoms. The predicted molar refractivity (Wildman–Crippen MR) is 210 cm³/mol. The minimum atomic E-state index is -4.09. The molecule has 0 unspecified atom stereocenters. The number of sulfonamides is 1. The lowest BCUT2D eigenvalue weighted by Crippen LogP contribution is -2.60. The summed E-state index contributed by atoms with van der Waals surface area (Å²) in [4.78, 5) is 72.4. The predicted octanol–water partition coefficient (Wildman–Crippen LogP) is 5.79. The molecule has 0 bridgehead atoms. The molecular formula is C40H60F3N5O9S. The van der Waals surface area contributed by atoms with Crippen LogP contribution < -0.4 is 15.4 Å². The van der Waals surface area contributed by atoms with Crippen molar-refractivity contribution in [1.29, 1.82) is 0 Å². The van der Waals surface area contributed by atoms with E-state index in [1.54, 1.807) is 12.1 Å². The number of allylic oxidation sites excluding steroid dienone is 1. The minimum absolute atomic E-state index is 0. The number of rotatable bonds is 8. The van der Waals surface area contributed by atoms with Crippen molar-refractivity contribution in [1.82, 2.24) is 25.2 Å². The first-order chi connectivity index (χ1) is 27.0. The molecule has 6 rings (SSSR count). The largest absolute Gasteiger partial charge is 0.444 e. The molecule has 5 aliphatic rings. The second kappa shape index (κ2) is 15.7. The van der Waals surface area contributed by atoms with Gasteiger partial charge in [-0.2, -0.15) is 0 Å². The van der Waals surface area contributed by atoms with E-state index in [4.69, 9.17) is 9.47 Å². The van der Waals surface area contributed by atoms with Crippen molar-refractivity contribution in [3.05, 3.63) is 47.3 Å². The van der Waals surface area contributed by atoms with Gasteiger partial charge in [-0.1, -0.05) is 44.6 Å². The topological polar surface area (TPSA) is 181 Å². The second-order valence-electron chi connectivity index (χ2n) is 17.6. The molecule has 2 saturated carbocycles. The molecule has 326 valence electrons. The fraction of sp³-hybridized carbons (Fsp3) is 0.675. The molecule has 3 N–H and O–H groups in total. The molecule has 3 aliphatic heterocycles. The van der Waals surface area contributed by atoms with E-state index in [1.807, 2.05) is 19.9 Å². The van der Waals surface area contributed by atoms with Gasteiger partial charge in [-0.05, 0) is 82.8 Å². The molecule has 0 aromatic heterocycles. The first kappa shape index (κ1) is 43.2. The highest BCUT2D eigenvalue weighted by atomic mass is 32.2. The lowest BCUT2D eigenvalue weighted by molar-refractivity contribution is -0.152. The van der Waals surface area contributed by atoms with Gasteiger partial charge in [0.2, 0.25) is 21.8 Å². The van der Waals surface area contributed by atoms with E-state index in [2.05, 4.69) is 15.4 Å². The number of halogens is 3. The summed E-state index contributed by atoms with van der Waals surface area (Å²) in [5.74, 6) is -7.57. The van der Waals surface area contributed by atoms with Crippen LogP contribution in [0.15, 0.2) is 30.4 Å². The van der Waals surface area contributed by atoms with E-state index >= 15 is 0 Å². The number of nitrogens with one attached hydrogen (secondary N) is 3. The van der Waals surface area contributed by atoms with E-state index in [0.717, 1.165) is 18.7 Å². The van der Waals surface area contributed by atoms with Crippen LogP contribution in [0.1, 0.15) is 108 Å². The molecule has 0 spiro atoms. The Labute approximate surface area is 341 Å². The van der Waals surface area contributed by atoms with Crippen LogP contribution in [0.5, 0.6) is 0 Å². The first-order valence-electron chi connectivity index (χ1n) is 20.0. The zero-order valence-electron chi connectivity index (χ0n) is 33.7. The van der Waals surface area contributed by atoms with Crippen LogP contribution in [0.4, 0.5) is 22.8 Å². The number of alkyl halides is 2. The standard InChI is InChI=1S/C40H54F3N5O9S.3H2/c1-7-24-17-23(2)11-8-9-13-26-19-40(26,34(51)46-58(54,55)38(5)15-16-38)45-32(49)30-18-27(56-36(53)47-20-25-12-10-14-29(41)28(25)22-47)21-48(30)33(50)31(24)44-35(52)57-37(3,4)39(6,42)43;;;/h9-10,12-14,23-24,26-27,30-31H,7-8,11,15-22H2,1-6H3,(H,44,52)(H,45,49)(H,46,51);3*1H/b13-9-;;;/t23-,24+,26+,27+,30-,31-,40+;;;/m0.../s1. The van der Waals surface area contributed by atoms with Gasteiger partial charge in [0.15, 0.2) is 5.60 Å². The molecule has 14 nitrogen and oxygen atoms in total. The molecule has 3 fully saturated rings. The Hall–Kier alpha value is -4.35. The number of amides is 5. The number of alkyl carbamates (subject to hydrolysis) is 1. The van der Waals surface area contributed by atoms with Crippen molar-refractivity contribution in [2.24, 2.45) is 17.8 Å². The van der Waals surface area contributed by atoms with Gasteiger partial charge in [-0.15, -0.1) is 0 Å². The molecule has 5 amide bonds. The van der Waals surface area contributed by atoms with Gasteiger partial charge < -0.3 is 25.0 Å². The summed E-state index contributed by atoms with van der Waals surface area (Å²) < 4.78 is 81.8. The van der Waals surface area contributed by atoms with Crippen LogP contribution in [-0.4, -0.2) is 94.7 Å². The van der Waals surface area contributed by atoms with E-state index in [-0.39, 0.29) is 42.7 Å². The van der Waals surface area contributed by atoms with Gasteiger partial charge in [0.25, 0.3) is 11.8 Å². The maximum atomic E-state index is 14.8. The Balaban J connectivity index is 0.00000331. The van der Waals surface area contributed by atoms with Crippen molar-refractivity contribution >= 4 is 39.9 Å². The highest BCUT2D eigenvalue weighted by Gasteiger charge is 2.63. The molecule has 1 aromatic rings. The molecule has 3 heterocycles. The molecule has 58 heavy (non-hydrogen) atoms. The fourth-order valence-electron chi connectivity index (χ4n) is 8.02. The Morgan fingerprint density at radius 2 is 1.81 bits per heavy atom. The summed E-state index contributed by atoms with van der Waals surface area (Å²) >= 11 is 0. The number of nitrogens with zero attached hydrogens (tertiary/aromatic N) is 2. The molecule has 1 saturated heterocycles. The Morgan fingerprint density at radius 3 is 2.45 bits per heavy atom. The third-order valence-corrected chi connectivity index (χ3v) is 14.9. The van der Waals surface area contributed by atoms with Crippen molar-refractivity contribution in [2.75, 3.05) is 6.54 Å². The number of benzene rings is 1.